The van der Waals surface area contributed by atoms with Gasteiger partial charge in [0.25, 0.3) is 0 Å². The predicted molar refractivity (Wildman–Crippen MR) is 121 cm³/mol. The van der Waals surface area contributed by atoms with Crippen molar-refractivity contribution in [3.8, 4) is 0 Å². The average Bonchev–Trinajstić information content (AvgIpc) is 2.78. The van der Waals surface area contributed by atoms with Crippen molar-refractivity contribution >= 4 is 34.3 Å². The average molecular weight is 462 g/mol. The molecule has 3 aromatic rings. The number of benzene rings is 2. The van der Waals surface area contributed by atoms with Gasteiger partial charge in [0.05, 0.1) is 17.7 Å². The Balaban J connectivity index is 1.88. The monoisotopic (exact) mass is 461 g/mol. The number of hydrogen-bond donors (Lipinski definition) is 3. The summed E-state index contributed by atoms with van der Waals surface area (Å²) in [6.45, 7) is -0.272. The smallest absolute Gasteiger partial charge is 0.413 e. The van der Waals surface area contributed by atoms with Crippen LogP contribution >= 0.6 is 11.6 Å². The number of fused-ring (bicyclic) bond motifs is 1. The summed E-state index contributed by atoms with van der Waals surface area (Å²) < 4.78 is 13.8. The summed E-state index contributed by atoms with van der Waals surface area (Å²) in [5.41, 5.74) is 0.531. The Labute approximate surface area is 190 Å². The zero-order chi connectivity index (χ0) is 23.3. The molecule has 0 aliphatic heterocycles. The van der Waals surface area contributed by atoms with Crippen molar-refractivity contribution in [3.05, 3.63) is 71.1 Å². The summed E-state index contributed by atoms with van der Waals surface area (Å²) in [6, 6.07) is 13.1. The van der Waals surface area contributed by atoms with Crippen LogP contribution in [0.3, 0.4) is 0 Å². The fourth-order valence-corrected chi connectivity index (χ4v) is 3.74. The van der Waals surface area contributed by atoms with Crippen molar-refractivity contribution in [2.24, 2.45) is 0 Å². The zero-order valence-corrected chi connectivity index (χ0v) is 18.3. The Hall–Kier alpha value is -2.78. The van der Waals surface area contributed by atoms with E-state index >= 15 is 0 Å². The number of aromatic nitrogens is 1. The third kappa shape index (κ3) is 5.72. The molecule has 0 saturated heterocycles. The molecule has 1 heterocycles. The lowest BCUT2D eigenvalue weighted by molar-refractivity contribution is 0.0608. The van der Waals surface area contributed by atoms with E-state index in [0.717, 1.165) is 15.7 Å². The van der Waals surface area contributed by atoms with Gasteiger partial charge in [-0.25, -0.2) is 14.2 Å². The molecule has 0 aliphatic carbocycles. The molecule has 170 valence electrons. The van der Waals surface area contributed by atoms with Gasteiger partial charge in [0.15, 0.2) is 0 Å². The standard InChI is InChI=1S/C23H25ClFN3O4/c1-27(12-17-7-4-8-20(25)22(17)24)18(10-19(30)14-29)13-28(23(31)32)21-9-15-5-2-3-6-16(15)11-26-21/h2-9,11,18-19,29-30H,10,12-14H2,1H3,(H,31,32)/t18-,19+/m0/s1. The van der Waals surface area contributed by atoms with Crippen LogP contribution in [0.1, 0.15) is 12.0 Å². The molecule has 1 amide bonds. The van der Waals surface area contributed by atoms with Gasteiger partial charge in [-0.15, -0.1) is 0 Å². The molecule has 0 fully saturated rings. The largest absolute Gasteiger partial charge is 0.465 e. The predicted octanol–water partition coefficient (Wildman–Crippen LogP) is 3.76. The van der Waals surface area contributed by atoms with Crippen LogP contribution in [0.4, 0.5) is 15.0 Å². The van der Waals surface area contributed by atoms with Crippen LogP contribution in [0.25, 0.3) is 10.8 Å². The van der Waals surface area contributed by atoms with Gasteiger partial charge in [0.1, 0.15) is 11.6 Å². The molecule has 0 aliphatic rings. The molecular formula is C23H25ClFN3O4. The Morgan fingerprint density at radius 1 is 1.19 bits per heavy atom. The van der Waals surface area contributed by atoms with Crippen molar-refractivity contribution in [2.45, 2.75) is 25.1 Å². The van der Waals surface area contributed by atoms with Gasteiger partial charge in [0.2, 0.25) is 0 Å². The number of anilines is 1. The number of carboxylic acid groups (broad SMARTS) is 1. The number of aliphatic hydroxyl groups is 2. The number of aliphatic hydroxyl groups excluding tert-OH is 2. The Bertz CT molecular complexity index is 1080. The van der Waals surface area contributed by atoms with E-state index in [1.54, 1.807) is 36.3 Å². The van der Waals surface area contributed by atoms with Crippen molar-refractivity contribution in [1.29, 1.82) is 0 Å². The summed E-state index contributed by atoms with van der Waals surface area (Å²) in [6.07, 6.45) is -0.551. The fourth-order valence-electron chi connectivity index (χ4n) is 3.55. The van der Waals surface area contributed by atoms with Crippen molar-refractivity contribution < 1.29 is 24.5 Å². The molecule has 7 nitrogen and oxygen atoms in total. The molecule has 2 aromatic carbocycles. The number of nitrogens with zero attached hydrogens (tertiary/aromatic N) is 3. The summed E-state index contributed by atoms with van der Waals surface area (Å²) >= 11 is 6.08. The van der Waals surface area contributed by atoms with Crippen LogP contribution in [-0.2, 0) is 6.54 Å². The lowest BCUT2D eigenvalue weighted by Gasteiger charge is -2.33. The normalized spacial score (nSPS) is 13.3. The number of likely N-dealkylation sites (N-methyl/N-ethyl adjacent to an activating group) is 1. The van der Waals surface area contributed by atoms with E-state index in [1.807, 2.05) is 24.3 Å². The molecular weight excluding hydrogens is 437 g/mol. The second kappa shape index (κ2) is 10.7. The molecule has 1 aromatic heterocycles. The number of rotatable bonds is 9. The first-order chi connectivity index (χ1) is 15.3. The second-order valence-corrected chi connectivity index (χ2v) is 8.01. The van der Waals surface area contributed by atoms with E-state index in [2.05, 4.69) is 4.98 Å². The van der Waals surface area contributed by atoms with Crippen LogP contribution < -0.4 is 4.90 Å². The van der Waals surface area contributed by atoms with Gasteiger partial charge in [-0.05, 0) is 36.6 Å². The lowest BCUT2D eigenvalue weighted by atomic mass is 10.1. The maximum atomic E-state index is 13.8. The summed E-state index contributed by atoms with van der Waals surface area (Å²) in [7, 11) is 1.73. The SMILES string of the molecule is CN(Cc1cccc(F)c1Cl)[C@@H](C[C@@H](O)CO)CN(C(=O)O)c1cc2ccccc2cn1. The third-order valence-electron chi connectivity index (χ3n) is 5.35. The first-order valence-corrected chi connectivity index (χ1v) is 10.4. The molecule has 0 unspecified atom stereocenters. The Morgan fingerprint density at radius 2 is 1.91 bits per heavy atom. The molecule has 3 N–H and O–H groups in total. The number of halogens is 2. The number of carbonyl (C=O) groups is 1. The Morgan fingerprint density at radius 3 is 2.59 bits per heavy atom. The molecule has 32 heavy (non-hydrogen) atoms. The highest BCUT2D eigenvalue weighted by Crippen LogP contribution is 2.24. The summed E-state index contributed by atoms with van der Waals surface area (Å²) in [5, 5.41) is 31.0. The van der Waals surface area contributed by atoms with E-state index in [4.69, 9.17) is 11.6 Å². The van der Waals surface area contributed by atoms with Crippen LogP contribution in [0.5, 0.6) is 0 Å². The fraction of sp³-hybridized carbons (Fsp3) is 0.304. The molecule has 0 saturated carbocycles. The highest BCUT2D eigenvalue weighted by atomic mass is 35.5. The molecule has 0 spiro atoms. The Kier molecular flexibility index (Phi) is 7.98. The van der Waals surface area contributed by atoms with Crippen LogP contribution in [0, 0.1) is 5.82 Å². The molecule has 0 radical (unpaired) electrons. The lowest BCUT2D eigenvalue weighted by Crippen LogP contribution is -2.46. The minimum Gasteiger partial charge on any atom is -0.465 e. The molecule has 3 rings (SSSR count). The number of pyridine rings is 1. The quantitative estimate of drug-likeness (QED) is 0.449. The van der Waals surface area contributed by atoms with E-state index < -0.39 is 30.7 Å². The highest BCUT2D eigenvalue weighted by Gasteiger charge is 2.27. The summed E-state index contributed by atoms with van der Waals surface area (Å²) in [4.78, 5) is 19.3. The maximum Gasteiger partial charge on any atom is 0.413 e. The van der Waals surface area contributed by atoms with E-state index in [1.165, 1.54) is 6.07 Å². The van der Waals surface area contributed by atoms with Gasteiger partial charge in [-0.3, -0.25) is 9.80 Å². The van der Waals surface area contributed by atoms with Crippen LogP contribution in [0.2, 0.25) is 5.02 Å². The minimum atomic E-state index is -1.20. The molecule has 0 bridgehead atoms. The van der Waals surface area contributed by atoms with Crippen molar-refractivity contribution in [1.82, 2.24) is 9.88 Å². The molecule has 2 atom stereocenters. The van der Waals surface area contributed by atoms with Crippen molar-refractivity contribution in [3.63, 3.8) is 0 Å². The van der Waals surface area contributed by atoms with E-state index in [0.29, 0.717) is 5.56 Å². The molecule has 9 heteroatoms. The maximum absolute atomic E-state index is 13.8. The van der Waals surface area contributed by atoms with Crippen LogP contribution in [0.15, 0.2) is 54.7 Å². The van der Waals surface area contributed by atoms with Gasteiger partial charge in [-0.2, -0.15) is 0 Å². The number of hydrogen-bond acceptors (Lipinski definition) is 5. The van der Waals surface area contributed by atoms with Gasteiger partial charge < -0.3 is 15.3 Å². The number of amides is 1. The van der Waals surface area contributed by atoms with Gasteiger partial charge in [-0.1, -0.05) is 48.0 Å². The highest BCUT2D eigenvalue weighted by molar-refractivity contribution is 6.31. The van der Waals surface area contributed by atoms with Gasteiger partial charge >= 0.3 is 6.09 Å². The first-order valence-electron chi connectivity index (χ1n) is 10.1. The second-order valence-electron chi connectivity index (χ2n) is 7.64. The topological polar surface area (TPSA) is 97.1 Å². The first kappa shape index (κ1) is 23.9. The zero-order valence-electron chi connectivity index (χ0n) is 17.5. The van der Waals surface area contributed by atoms with E-state index in [9.17, 15) is 24.5 Å². The third-order valence-corrected chi connectivity index (χ3v) is 5.77. The van der Waals surface area contributed by atoms with Crippen molar-refractivity contribution in [2.75, 3.05) is 25.1 Å². The van der Waals surface area contributed by atoms with Gasteiger partial charge in [0, 0.05) is 30.7 Å². The summed E-state index contributed by atoms with van der Waals surface area (Å²) in [5.74, 6) is -0.297. The minimum absolute atomic E-state index is 0.00732. The van der Waals surface area contributed by atoms with E-state index in [-0.39, 0.29) is 30.4 Å². The van der Waals surface area contributed by atoms with Crippen LogP contribution in [-0.4, -0.2) is 63.6 Å².